The molecule has 0 saturated carbocycles. The van der Waals surface area contributed by atoms with Crippen molar-refractivity contribution in [3.8, 4) is 5.75 Å². The number of nitrogens with one attached hydrogen (secondary N) is 2. The van der Waals surface area contributed by atoms with E-state index in [1.54, 1.807) is 25.7 Å². The molecule has 2 heterocycles. The van der Waals surface area contributed by atoms with Crippen molar-refractivity contribution in [2.75, 3.05) is 24.3 Å². The Bertz CT molecular complexity index is 777. The monoisotopic (exact) mass is 335 g/mol. The van der Waals surface area contributed by atoms with Gasteiger partial charge in [-0.05, 0) is 47.9 Å². The second kappa shape index (κ2) is 8.63. The van der Waals surface area contributed by atoms with Crippen LogP contribution in [0.2, 0.25) is 0 Å². The standard InChI is InChI=1S/C19H21N5O/c1-25-17-4-2-15(3-5-17)8-12-21-19-22-13-9-18(24-19)23-14-16-6-10-20-11-7-16/h2-7,9-11,13H,8,12,14H2,1H3,(H2,21,22,23,24). The SMILES string of the molecule is COc1ccc(CCNc2nccc(NCc3ccncc3)n2)cc1. The molecule has 25 heavy (non-hydrogen) atoms. The zero-order valence-corrected chi connectivity index (χ0v) is 14.1. The summed E-state index contributed by atoms with van der Waals surface area (Å²) in [6.07, 6.45) is 6.20. The second-order valence-electron chi connectivity index (χ2n) is 5.50. The van der Waals surface area contributed by atoms with E-state index in [4.69, 9.17) is 4.74 Å². The number of nitrogens with zero attached hydrogens (tertiary/aromatic N) is 3. The number of methoxy groups -OCH3 is 1. The third-order valence-electron chi connectivity index (χ3n) is 3.73. The summed E-state index contributed by atoms with van der Waals surface area (Å²) in [6, 6.07) is 13.9. The number of ether oxygens (including phenoxy) is 1. The van der Waals surface area contributed by atoms with Crippen LogP contribution in [-0.2, 0) is 13.0 Å². The highest BCUT2D eigenvalue weighted by Gasteiger charge is 2.00. The number of hydrogen-bond donors (Lipinski definition) is 2. The first-order valence-electron chi connectivity index (χ1n) is 8.16. The summed E-state index contributed by atoms with van der Waals surface area (Å²) in [5.74, 6) is 2.28. The van der Waals surface area contributed by atoms with E-state index in [9.17, 15) is 0 Å². The molecule has 6 heteroatoms. The maximum absolute atomic E-state index is 5.17. The summed E-state index contributed by atoms with van der Waals surface area (Å²) in [5.41, 5.74) is 2.39. The van der Waals surface area contributed by atoms with Crippen molar-refractivity contribution in [1.29, 1.82) is 0 Å². The van der Waals surface area contributed by atoms with Crippen molar-refractivity contribution in [3.63, 3.8) is 0 Å². The Morgan fingerprint density at radius 1 is 0.880 bits per heavy atom. The Balaban J connectivity index is 1.49. The summed E-state index contributed by atoms with van der Waals surface area (Å²) in [4.78, 5) is 12.8. The van der Waals surface area contributed by atoms with E-state index in [2.05, 4.69) is 37.7 Å². The lowest BCUT2D eigenvalue weighted by Crippen LogP contribution is -2.09. The van der Waals surface area contributed by atoms with Gasteiger partial charge in [0.25, 0.3) is 0 Å². The van der Waals surface area contributed by atoms with Gasteiger partial charge in [0.15, 0.2) is 0 Å². The molecule has 0 unspecified atom stereocenters. The van der Waals surface area contributed by atoms with Gasteiger partial charge in [-0.25, -0.2) is 4.98 Å². The highest BCUT2D eigenvalue weighted by Crippen LogP contribution is 2.12. The maximum Gasteiger partial charge on any atom is 0.224 e. The predicted octanol–water partition coefficient (Wildman–Crippen LogP) is 3.15. The summed E-state index contributed by atoms with van der Waals surface area (Å²) in [5, 5.41) is 6.55. The first kappa shape index (κ1) is 16.7. The lowest BCUT2D eigenvalue weighted by Gasteiger charge is -2.09. The van der Waals surface area contributed by atoms with Crippen LogP contribution in [0.1, 0.15) is 11.1 Å². The van der Waals surface area contributed by atoms with Crippen molar-refractivity contribution in [3.05, 3.63) is 72.2 Å². The Morgan fingerprint density at radius 3 is 2.44 bits per heavy atom. The fraction of sp³-hybridized carbons (Fsp3) is 0.211. The summed E-state index contributed by atoms with van der Waals surface area (Å²) < 4.78 is 5.17. The topological polar surface area (TPSA) is 72.0 Å². The van der Waals surface area contributed by atoms with Crippen LogP contribution in [0.3, 0.4) is 0 Å². The van der Waals surface area contributed by atoms with Crippen LogP contribution in [0.15, 0.2) is 61.1 Å². The number of hydrogen-bond acceptors (Lipinski definition) is 6. The van der Waals surface area contributed by atoms with E-state index >= 15 is 0 Å². The van der Waals surface area contributed by atoms with E-state index in [1.807, 2.05) is 30.3 Å². The molecule has 0 fully saturated rings. The van der Waals surface area contributed by atoms with Gasteiger partial charge in [0.2, 0.25) is 5.95 Å². The molecule has 3 rings (SSSR count). The summed E-state index contributed by atoms with van der Waals surface area (Å²) in [6.45, 7) is 1.46. The number of rotatable bonds is 8. The van der Waals surface area contributed by atoms with Crippen molar-refractivity contribution >= 4 is 11.8 Å². The molecule has 2 N–H and O–H groups in total. The lowest BCUT2D eigenvalue weighted by molar-refractivity contribution is 0.414. The van der Waals surface area contributed by atoms with Crippen LogP contribution in [-0.4, -0.2) is 28.6 Å². The molecular weight excluding hydrogens is 314 g/mol. The van der Waals surface area contributed by atoms with Gasteiger partial charge in [-0.1, -0.05) is 12.1 Å². The molecule has 0 spiro atoms. The Labute approximate surface area is 147 Å². The zero-order chi connectivity index (χ0) is 17.3. The quantitative estimate of drug-likeness (QED) is 0.659. The molecule has 0 aliphatic rings. The van der Waals surface area contributed by atoms with Crippen molar-refractivity contribution in [2.24, 2.45) is 0 Å². The molecule has 0 atom stereocenters. The van der Waals surface area contributed by atoms with Crippen LogP contribution in [0.4, 0.5) is 11.8 Å². The molecule has 2 aromatic heterocycles. The molecule has 128 valence electrons. The zero-order valence-electron chi connectivity index (χ0n) is 14.1. The molecule has 0 bridgehead atoms. The third kappa shape index (κ3) is 5.17. The molecule has 0 amide bonds. The number of benzene rings is 1. The minimum Gasteiger partial charge on any atom is -0.497 e. The third-order valence-corrected chi connectivity index (χ3v) is 3.73. The molecule has 1 aromatic carbocycles. The van der Waals surface area contributed by atoms with Crippen molar-refractivity contribution in [1.82, 2.24) is 15.0 Å². The number of anilines is 2. The average Bonchev–Trinajstić information content (AvgIpc) is 2.68. The fourth-order valence-corrected chi connectivity index (χ4v) is 2.35. The lowest BCUT2D eigenvalue weighted by atomic mass is 10.1. The normalized spacial score (nSPS) is 10.3. The number of aromatic nitrogens is 3. The second-order valence-corrected chi connectivity index (χ2v) is 5.50. The summed E-state index contributed by atoms with van der Waals surface area (Å²) in [7, 11) is 1.67. The largest absolute Gasteiger partial charge is 0.497 e. The average molecular weight is 335 g/mol. The van der Waals surface area contributed by atoms with Crippen LogP contribution in [0.25, 0.3) is 0 Å². The molecule has 0 aliphatic carbocycles. The molecule has 0 radical (unpaired) electrons. The summed E-state index contributed by atoms with van der Waals surface area (Å²) >= 11 is 0. The smallest absolute Gasteiger partial charge is 0.224 e. The molecule has 6 nitrogen and oxygen atoms in total. The molecule has 0 saturated heterocycles. The van der Waals surface area contributed by atoms with Gasteiger partial charge in [0.1, 0.15) is 11.6 Å². The van der Waals surface area contributed by atoms with Gasteiger partial charge in [-0.2, -0.15) is 4.98 Å². The van der Waals surface area contributed by atoms with E-state index in [0.717, 1.165) is 30.1 Å². The van der Waals surface area contributed by atoms with Crippen molar-refractivity contribution < 1.29 is 4.74 Å². The van der Waals surface area contributed by atoms with Gasteiger partial charge in [-0.3, -0.25) is 4.98 Å². The fourth-order valence-electron chi connectivity index (χ4n) is 2.35. The van der Waals surface area contributed by atoms with Gasteiger partial charge >= 0.3 is 0 Å². The highest BCUT2D eigenvalue weighted by atomic mass is 16.5. The Hall–Kier alpha value is -3.15. The minimum absolute atomic E-state index is 0.619. The van der Waals surface area contributed by atoms with E-state index in [0.29, 0.717) is 12.5 Å². The molecule has 0 aliphatic heterocycles. The van der Waals surface area contributed by atoms with Crippen LogP contribution < -0.4 is 15.4 Å². The van der Waals surface area contributed by atoms with E-state index in [-0.39, 0.29) is 0 Å². The first-order valence-corrected chi connectivity index (χ1v) is 8.16. The van der Waals surface area contributed by atoms with Gasteiger partial charge in [0.05, 0.1) is 7.11 Å². The Kier molecular flexibility index (Phi) is 5.77. The van der Waals surface area contributed by atoms with Gasteiger partial charge in [0, 0.05) is 31.7 Å². The van der Waals surface area contributed by atoms with E-state index in [1.165, 1.54) is 5.56 Å². The van der Waals surface area contributed by atoms with Gasteiger partial charge < -0.3 is 15.4 Å². The van der Waals surface area contributed by atoms with Crippen LogP contribution in [0.5, 0.6) is 5.75 Å². The maximum atomic E-state index is 5.17. The van der Waals surface area contributed by atoms with Crippen LogP contribution in [0, 0.1) is 0 Å². The highest BCUT2D eigenvalue weighted by molar-refractivity contribution is 5.40. The predicted molar refractivity (Wildman–Crippen MR) is 98.8 cm³/mol. The van der Waals surface area contributed by atoms with E-state index < -0.39 is 0 Å². The first-order chi connectivity index (χ1) is 12.3. The number of pyridine rings is 1. The minimum atomic E-state index is 0.619. The van der Waals surface area contributed by atoms with Gasteiger partial charge in [-0.15, -0.1) is 0 Å². The van der Waals surface area contributed by atoms with Crippen LogP contribution >= 0.6 is 0 Å². The molecule has 3 aromatic rings. The Morgan fingerprint density at radius 2 is 1.68 bits per heavy atom. The van der Waals surface area contributed by atoms with Crippen molar-refractivity contribution in [2.45, 2.75) is 13.0 Å². The molecular formula is C19H21N5O.